The van der Waals surface area contributed by atoms with Crippen LogP contribution >= 0.6 is 0 Å². The van der Waals surface area contributed by atoms with Gasteiger partial charge in [-0.1, -0.05) is 35.4 Å². The molecule has 2 aromatic rings. The first-order chi connectivity index (χ1) is 13.8. The van der Waals surface area contributed by atoms with Crippen LogP contribution in [0.1, 0.15) is 34.3 Å². The molecule has 1 atom stereocenters. The quantitative estimate of drug-likeness (QED) is 0.748. The maximum atomic E-state index is 12.9. The maximum absolute atomic E-state index is 12.9. The average Bonchev–Trinajstić information content (AvgIpc) is 2.72. The SMILES string of the molecule is Cc1ccc(C(=O)NNC(=O)[C@H]2CCCN(S(=O)(=O)c3ccc(C)cc3)C2)cc1. The summed E-state index contributed by atoms with van der Waals surface area (Å²) in [5, 5.41) is 0. The summed E-state index contributed by atoms with van der Waals surface area (Å²) >= 11 is 0. The van der Waals surface area contributed by atoms with Gasteiger partial charge in [-0.2, -0.15) is 4.31 Å². The molecule has 7 nitrogen and oxygen atoms in total. The monoisotopic (exact) mass is 415 g/mol. The number of carbonyl (C=O) groups excluding carboxylic acids is 2. The lowest BCUT2D eigenvalue weighted by Crippen LogP contribution is -2.50. The molecule has 0 aromatic heterocycles. The van der Waals surface area contributed by atoms with E-state index in [-0.39, 0.29) is 11.4 Å². The molecule has 0 radical (unpaired) electrons. The van der Waals surface area contributed by atoms with Crippen LogP contribution in [0.5, 0.6) is 0 Å². The third-order valence-corrected chi connectivity index (χ3v) is 6.91. The first-order valence-corrected chi connectivity index (χ1v) is 10.9. The lowest BCUT2D eigenvalue weighted by Gasteiger charge is -2.31. The number of nitrogens with one attached hydrogen (secondary N) is 2. The first-order valence-electron chi connectivity index (χ1n) is 9.51. The topological polar surface area (TPSA) is 95.6 Å². The van der Waals surface area contributed by atoms with Gasteiger partial charge in [-0.25, -0.2) is 8.42 Å². The van der Waals surface area contributed by atoms with Crippen LogP contribution in [-0.2, 0) is 14.8 Å². The second kappa shape index (κ2) is 8.75. The molecule has 1 heterocycles. The van der Waals surface area contributed by atoms with Gasteiger partial charge in [-0.3, -0.25) is 20.4 Å². The summed E-state index contributed by atoms with van der Waals surface area (Å²) in [6.07, 6.45) is 1.14. The van der Waals surface area contributed by atoms with E-state index in [1.165, 1.54) is 4.31 Å². The minimum atomic E-state index is -3.66. The number of sulfonamides is 1. The van der Waals surface area contributed by atoms with Crippen LogP contribution in [-0.4, -0.2) is 37.6 Å². The summed E-state index contributed by atoms with van der Waals surface area (Å²) in [6.45, 7) is 4.27. The van der Waals surface area contributed by atoms with Gasteiger partial charge in [0.2, 0.25) is 15.9 Å². The molecule has 29 heavy (non-hydrogen) atoms. The van der Waals surface area contributed by atoms with E-state index in [2.05, 4.69) is 10.9 Å². The molecule has 1 saturated heterocycles. The van der Waals surface area contributed by atoms with Crippen LogP contribution in [0.15, 0.2) is 53.4 Å². The van der Waals surface area contributed by atoms with Crippen LogP contribution in [0.25, 0.3) is 0 Å². The minimum absolute atomic E-state index is 0.0858. The Bertz CT molecular complexity index is 986. The number of nitrogens with zero attached hydrogens (tertiary/aromatic N) is 1. The Morgan fingerprint density at radius 1 is 0.931 bits per heavy atom. The van der Waals surface area contributed by atoms with Crippen molar-refractivity contribution in [2.24, 2.45) is 5.92 Å². The Balaban J connectivity index is 1.61. The lowest BCUT2D eigenvalue weighted by molar-refractivity contribution is -0.126. The molecule has 0 aliphatic carbocycles. The standard InChI is InChI=1S/C21H25N3O4S/c1-15-5-9-17(10-6-15)20(25)22-23-21(26)18-4-3-13-24(14-18)29(27,28)19-11-7-16(2)8-12-19/h5-12,18H,3-4,13-14H2,1-2H3,(H,22,25)(H,23,26)/t18-/m0/s1. The molecular weight excluding hydrogens is 390 g/mol. The zero-order valence-corrected chi connectivity index (χ0v) is 17.3. The number of piperidine rings is 1. The predicted octanol–water partition coefficient (Wildman–Crippen LogP) is 2.17. The van der Waals surface area contributed by atoms with Crippen LogP contribution in [0, 0.1) is 19.8 Å². The number of benzene rings is 2. The highest BCUT2D eigenvalue weighted by Gasteiger charge is 2.33. The first kappa shape index (κ1) is 21.0. The Hall–Kier alpha value is -2.71. The Kier molecular flexibility index (Phi) is 6.34. The fourth-order valence-electron chi connectivity index (χ4n) is 3.23. The Labute approximate surface area is 171 Å². The number of amides is 2. The summed E-state index contributed by atoms with van der Waals surface area (Å²) in [6, 6.07) is 13.6. The van der Waals surface area contributed by atoms with Gasteiger partial charge in [0.1, 0.15) is 0 Å². The van der Waals surface area contributed by atoms with E-state index in [9.17, 15) is 18.0 Å². The molecule has 0 unspecified atom stereocenters. The Morgan fingerprint density at radius 2 is 1.52 bits per heavy atom. The summed E-state index contributed by atoms with van der Waals surface area (Å²) in [5.41, 5.74) is 7.26. The molecule has 0 bridgehead atoms. The van der Waals surface area contributed by atoms with Gasteiger partial charge in [-0.15, -0.1) is 0 Å². The van der Waals surface area contributed by atoms with Crippen LogP contribution in [0.4, 0.5) is 0 Å². The normalized spacial score (nSPS) is 17.5. The van der Waals surface area contributed by atoms with Crippen molar-refractivity contribution in [1.82, 2.24) is 15.2 Å². The fourth-order valence-corrected chi connectivity index (χ4v) is 4.76. The van der Waals surface area contributed by atoms with Crippen molar-refractivity contribution >= 4 is 21.8 Å². The molecule has 1 aliphatic rings. The van der Waals surface area contributed by atoms with E-state index < -0.39 is 27.8 Å². The lowest BCUT2D eigenvalue weighted by atomic mass is 9.99. The Morgan fingerprint density at radius 3 is 2.14 bits per heavy atom. The highest BCUT2D eigenvalue weighted by atomic mass is 32.2. The van der Waals surface area contributed by atoms with Gasteiger partial charge >= 0.3 is 0 Å². The molecule has 0 saturated carbocycles. The number of aryl methyl sites for hydroxylation is 2. The van der Waals surface area contributed by atoms with E-state index in [0.29, 0.717) is 24.9 Å². The molecule has 3 rings (SSSR count). The van der Waals surface area contributed by atoms with E-state index in [1.807, 2.05) is 26.0 Å². The summed E-state index contributed by atoms with van der Waals surface area (Å²) in [7, 11) is -3.66. The number of hydrogen-bond acceptors (Lipinski definition) is 4. The zero-order valence-electron chi connectivity index (χ0n) is 16.5. The van der Waals surface area contributed by atoms with Gasteiger partial charge in [0, 0.05) is 18.7 Å². The molecule has 2 amide bonds. The van der Waals surface area contributed by atoms with E-state index in [0.717, 1.165) is 11.1 Å². The summed E-state index contributed by atoms with van der Waals surface area (Å²) in [4.78, 5) is 24.9. The summed E-state index contributed by atoms with van der Waals surface area (Å²) < 4.78 is 27.1. The van der Waals surface area contributed by atoms with Gasteiger partial charge in [-0.05, 0) is 51.0 Å². The maximum Gasteiger partial charge on any atom is 0.269 e. The highest BCUT2D eigenvalue weighted by Crippen LogP contribution is 2.24. The molecule has 8 heteroatoms. The van der Waals surface area contributed by atoms with Gasteiger partial charge in [0.05, 0.1) is 10.8 Å². The minimum Gasteiger partial charge on any atom is -0.273 e. The van der Waals surface area contributed by atoms with Crippen molar-refractivity contribution in [2.45, 2.75) is 31.6 Å². The zero-order chi connectivity index (χ0) is 21.0. The molecular formula is C21H25N3O4S. The molecule has 1 aliphatic heterocycles. The number of hydrogen-bond donors (Lipinski definition) is 2. The van der Waals surface area contributed by atoms with E-state index in [1.54, 1.807) is 36.4 Å². The number of hydrazine groups is 1. The van der Waals surface area contributed by atoms with Gasteiger partial charge in [0.25, 0.3) is 5.91 Å². The largest absolute Gasteiger partial charge is 0.273 e. The fraction of sp³-hybridized carbons (Fsp3) is 0.333. The van der Waals surface area contributed by atoms with E-state index >= 15 is 0 Å². The number of rotatable bonds is 4. The molecule has 2 aromatic carbocycles. The van der Waals surface area contributed by atoms with Crippen molar-refractivity contribution in [3.63, 3.8) is 0 Å². The smallest absolute Gasteiger partial charge is 0.269 e. The van der Waals surface area contributed by atoms with Gasteiger partial charge in [0.15, 0.2) is 0 Å². The van der Waals surface area contributed by atoms with Crippen LogP contribution in [0.3, 0.4) is 0 Å². The van der Waals surface area contributed by atoms with Crippen molar-refractivity contribution in [3.8, 4) is 0 Å². The van der Waals surface area contributed by atoms with Crippen molar-refractivity contribution in [1.29, 1.82) is 0 Å². The van der Waals surface area contributed by atoms with Crippen molar-refractivity contribution < 1.29 is 18.0 Å². The van der Waals surface area contributed by atoms with Crippen molar-refractivity contribution in [2.75, 3.05) is 13.1 Å². The predicted molar refractivity (Wildman–Crippen MR) is 109 cm³/mol. The average molecular weight is 416 g/mol. The molecule has 1 fully saturated rings. The molecule has 0 spiro atoms. The van der Waals surface area contributed by atoms with Gasteiger partial charge < -0.3 is 0 Å². The number of carbonyl (C=O) groups is 2. The second-order valence-electron chi connectivity index (χ2n) is 7.32. The molecule has 154 valence electrons. The third kappa shape index (κ3) is 5.02. The summed E-state index contributed by atoms with van der Waals surface area (Å²) in [5.74, 6) is -1.34. The van der Waals surface area contributed by atoms with Crippen LogP contribution < -0.4 is 10.9 Å². The van der Waals surface area contributed by atoms with E-state index in [4.69, 9.17) is 0 Å². The third-order valence-electron chi connectivity index (χ3n) is 5.03. The molecule has 2 N–H and O–H groups in total. The van der Waals surface area contributed by atoms with Crippen molar-refractivity contribution in [3.05, 3.63) is 65.2 Å². The van der Waals surface area contributed by atoms with Crippen LogP contribution in [0.2, 0.25) is 0 Å². The second-order valence-corrected chi connectivity index (χ2v) is 9.26. The highest BCUT2D eigenvalue weighted by molar-refractivity contribution is 7.89.